The normalized spacial score (nSPS) is 22.4. The van der Waals surface area contributed by atoms with E-state index >= 15 is 0 Å². The lowest BCUT2D eigenvalue weighted by Gasteiger charge is -2.34. The fourth-order valence-corrected chi connectivity index (χ4v) is 7.21. The van der Waals surface area contributed by atoms with Gasteiger partial charge in [-0.2, -0.15) is 0 Å². The van der Waals surface area contributed by atoms with Crippen LogP contribution in [0.15, 0.2) is 54.7 Å². The smallest absolute Gasteiger partial charge is 0.257 e. The number of aliphatic hydroxyl groups is 1. The molecule has 2 aromatic carbocycles. The van der Waals surface area contributed by atoms with Crippen molar-refractivity contribution in [3.63, 3.8) is 0 Å². The zero-order chi connectivity index (χ0) is 34.2. The predicted molar refractivity (Wildman–Crippen MR) is 195 cm³/mol. The van der Waals surface area contributed by atoms with Crippen LogP contribution in [-0.4, -0.2) is 108 Å². The molecule has 50 heavy (non-hydrogen) atoms. The number of rotatable bonds is 11. The van der Waals surface area contributed by atoms with Crippen LogP contribution in [0.4, 0.5) is 4.39 Å². The zero-order valence-electron chi connectivity index (χ0n) is 29.1. The molecule has 0 spiro atoms. The number of carbonyl (C=O) groups is 1. The van der Waals surface area contributed by atoms with E-state index in [1.807, 2.05) is 18.2 Å². The van der Waals surface area contributed by atoms with Crippen molar-refractivity contribution in [2.45, 2.75) is 70.2 Å². The number of hydrogen-bond acceptors (Lipinski definition) is 9. The zero-order valence-corrected chi connectivity index (χ0v) is 29.9. The number of benzene rings is 2. The van der Waals surface area contributed by atoms with Crippen molar-refractivity contribution in [1.82, 2.24) is 25.0 Å². The van der Waals surface area contributed by atoms with Crippen LogP contribution in [0.3, 0.4) is 0 Å². The van der Waals surface area contributed by atoms with E-state index in [4.69, 9.17) is 15.2 Å². The van der Waals surface area contributed by atoms with Crippen molar-refractivity contribution in [3.8, 4) is 22.8 Å². The number of nitrogens with two attached hydrogens (primary N) is 1. The molecule has 3 heterocycles. The summed E-state index contributed by atoms with van der Waals surface area (Å²) >= 11 is 0. The Kier molecular flexibility index (Phi) is 14.0. The molecular formula is C38H52ClFN6O4. The first-order chi connectivity index (χ1) is 23.8. The summed E-state index contributed by atoms with van der Waals surface area (Å²) in [6, 6.07) is 16.2. The Morgan fingerprint density at radius 3 is 2.64 bits per heavy atom. The van der Waals surface area contributed by atoms with Crippen molar-refractivity contribution >= 4 is 18.3 Å². The fraction of sp³-hybridized carbons (Fsp3) is 0.526. The van der Waals surface area contributed by atoms with Crippen molar-refractivity contribution < 1.29 is 23.8 Å². The van der Waals surface area contributed by atoms with E-state index in [1.165, 1.54) is 17.2 Å². The first kappa shape index (κ1) is 38.1. The van der Waals surface area contributed by atoms with Crippen LogP contribution in [0.5, 0.6) is 11.6 Å². The molecule has 1 aromatic heterocycles. The van der Waals surface area contributed by atoms with E-state index in [-0.39, 0.29) is 42.5 Å². The number of halogens is 2. The summed E-state index contributed by atoms with van der Waals surface area (Å²) in [7, 11) is 0. The molecule has 1 amide bonds. The van der Waals surface area contributed by atoms with Gasteiger partial charge in [-0.1, -0.05) is 30.3 Å². The van der Waals surface area contributed by atoms with Gasteiger partial charge in [0.25, 0.3) is 5.91 Å². The van der Waals surface area contributed by atoms with Crippen molar-refractivity contribution in [1.29, 1.82) is 0 Å². The van der Waals surface area contributed by atoms with Crippen LogP contribution >= 0.6 is 12.4 Å². The Balaban J connectivity index is 0.00000486. The van der Waals surface area contributed by atoms with E-state index < -0.39 is 11.7 Å². The summed E-state index contributed by atoms with van der Waals surface area (Å²) < 4.78 is 26.3. The van der Waals surface area contributed by atoms with Gasteiger partial charge < -0.3 is 25.6 Å². The standard InChI is InChI=1S/C38H51FN6O4.ClH/c1-27-26-48-19-17-45(27)25-30-20-28(24-44-13-3-12-43(14-15-44)16-18-46)6-11-35(30)29-4-2-5-34(21-29)49-38-36(22-31(39)23-41-38)37(47)42-33-9-7-32(40)8-10-33;/h2,4-6,11,20-23,27,32-33,46H,3,7-10,12-19,24-26,40H2,1H3,(H,42,47);1H. The first-order valence-electron chi connectivity index (χ1n) is 17.8. The van der Waals surface area contributed by atoms with Gasteiger partial charge in [0, 0.05) is 57.4 Å². The summed E-state index contributed by atoms with van der Waals surface area (Å²) in [4.78, 5) is 24.8. The van der Waals surface area contributed by atoms with E-state index in [0.29, 0.717) is 18.4 Å². The molecule has 1 aliphatic carbocycles. The van der Waals surface area contributed by atoms with E-state index in [2.05, 4.69) is 56.2 Å². The molecule has 0 radical (unpaired) electrons. The lowest BCUT2D eigenvalue weighted by atomic mass is 9.91. The van der Waals surface area contributed by atoms with E-state index in [0.717, 1.165) is 108 Å². The van der Waals surface area contributed by atoms with Crippen LogP contribution in [0.2, 0.25) is 0 Å². The third-order valence-electron chi connectivity index (χ3n) is 10.1. The molecule has 10 nitrogen and oxygen atoms in total. The van der Waals surface area contributed by atoms with Gasteiger partial charge in [0.05, 0.1) is 26.0 Å². The largest absolute Gasteiger partial charge is 0.438 e. The first-order valence-corrected chi connectivity index (χ1v) is 17.8. The Labute approximate surface area is 301 Å². The lowest BCUT2D eigenvalue weighted by Crippen LogP contribution is -2.43. The van der Waals surface area contributed by atoms with Gasteiger partial charge in [0.1, 0.15) is 17.1 Å². The van der Waals surface area contributed by atoms with Crippen molar-refractivity contribution in [3.05, 3.63) is 77.2 Å². The molecule has 272 valence electrons. The second-order valence-electron chi connectivity index (χ2n) is 13.8. The lowest BCUT2D eigenvalue weighted by molar-refractivity contribution is -0.00431. The van der Waals surface area contributed by atoms with Crippen LogP contribution in [0.25, 0.3) is 11.1 Å². The van der Waals surface area contributed by atoms with Gasteiger partial charge >= 0.3 is 0 Å². The Hall–Kier alpha value is -3.16. The highest BCUT2D eigenvalue weighted by Gasteiger charge is 2.25. The number of aromatic nitrogens is 1. The summed E-state index contributed by atoms with van der Waals surface area (Å²) in [5.74, 6) is -0.416. The maximum atomic E-state index is 14.3. The van der Waals surface area contributed by atoms with Crippen LogP contribution < -0.4 is 15.8 Å². The molecule has 3 aromatic rings. The SMILES string of the molecule is CC1COCCN1Cc1cc(CN2CCCN(CCO)CC2)ccc1-c1cccc(Oc2ncc(F)cc2C(=O)NC2CCC(N)CC2)c1.Cl. The monoisotopic (exact) mass is 710 g/mol. The highest BCUT2D eigenvalue weighted by Crippen LogP contribution is 2.32. The number of aliphatic hydroxyl groups excluding tert-OH is 1. The molecular weight excluding hydrogens is 659 g/mol. The number of carbonyl (C=O) groups excluding carboxylic acids is 1. The van der Waals surface area contributed by atoms with E-state index in [1.54, 1.807) is 0 Å². The highest BCUT2D eigenvalue weighted by molar-refractivity contribution is 5.96. The number of nitrogens with zero attached hydrogens (tertiary/aromatic N) is 4. The number of morpholine rings is 1. The maximum absolute atomic E-state index is 14.3. The predicted octanol–water partition coefficient (Wildman–Crippen LogP) is 4.82. The topological polar surface area (TPSA) is 116 Å². The minimum absolute atomic E-state index is 0. The Bertz CT molecular complexity index is 1560. The molecule has 1 atom stereocenters. The van der Waals surface area contributed by atoms with Crippen molar-refractivity contribution in [2.75, 3.05) is 59.1 Å². The molecule has 2 aliphatic heterocycles. The number of pyridine rings is 1. The van der Waals surface area contributed by atoms with Crippen molar-refractivity contribution in [2.24, 2.45) is 5.73 Å². The van der Waals surface area contributed by atoms with E-state index in [9.17, 15) is 14.3 Å². The molecule has 1 unspecified atom stereocenters. The molecule has 2 saturated heterocycles. The van der Waals surface area contributed by atoms with Gasteiger partial charge in [0.2, 0.25) is 5.88 Å². The summed E-state index contributed by atoms with van der Waals surface area (Å²) in [5, 5.41) is 12.4. The Morgan fingerprint density at radius 2 is 1.84 bits per heavy atom. The quantitative estimate of drug-likeness (QED) is 0.258. The van der Waals surface area contributed by atoms with Gasteiger partial charge in [0.15, 0.2) is 0 Å². The molecule has 4 N–H and O–H groups in total. The number of hydrogen-bond donors (Lipinski definition) is 3. The highest BCUT2D eigenvalue weighted by atomic mass is 35.5. The Morgan fingerprint density at radius 1 is 1.04 bits per heavy atom. The van der Waals surface area contributed by atoms with Crippen LogP contribution in [0, 0.1) is 5.82 Å². The minimum atomic E-state index is -0.596. The third-order valence-corrected chi connectivity index (χ3v) is 10.1. The van der Waals surface area contributed by atoms with Gasteiger partial charge in [-0.05, 0) is 92.6 Å². The summed E-state index contributed by atoms with van der Waals surface area (Å²) in [6.07, 6.45) is 5.44. The molecule has 3 fully saturated rings. The third kappa shape index (κ3) is 10.2. The number of β-amino-alcohol motifs (C(OH)–C–C–N with tert-alkyl or cyclic N) is 1. The minimum Gasteiger partial charge on any atom is -0.438 e. The average molecular weight is 711 g/mol. The molecule has 1 saturated carbocycles. The average Bonchev–Trinajstić information content (AvgIpc) is 3.32. The van der Waals surface area contributed by atoms with Gasteiger partial charge in [-0.15, -0.1) is 12.4 Å². The summed E-state index contributed by atoms with van der Waals surface area (Å²) in [6.45, 7) is 11.1. The molecule has 12 heteroatoms. The molecule has 0 bridgehead atoms. The molecule has 6 rings (SSSR count). The van der Waals surface area contributed by atoms with Crippen LogP contribution in [0.1, 0.15) is 60.5 Å². The van der Waals surface area contributed by atoms with Crippen LogP contribution in [-0.2, 0) is 17.8 Å². The second kappa shape index (κ2) is 18.4. The number of nitrogens with one attached hydrogen (secondary N) is 1. The number of amides is 1. The molecule has 3 aliphatic rings. The number of ether oxygens (including phenoxy) is 2. The van der Waals surface area contributed by atoms with Gasteiger partial charge in [-0.3, -0.25) is 19.5 Å². The summed E-state index contributed by atoms with van der Waals surface area (Å²) in [5.41, 5.74) is 10.7. The van der Waals surface area contributed by atoms with Gasteiger partial charge in [-0.25, -0.2) is 9.37 Å². The maximum Gasteiger partial charge on any atom is 0.257 e. The fourth-order valence-electron chi connectivity index (χ4n) is 7.21. The second-order valence-corrected chi connectivity index (χ2v) is 13.8.